The van der Waals surface area contributed by atoms with Crippen LogP contribution in [0.2, 0.25) is 0 Å². The van der Waals surface area contributed by atoms with Crippen LogP contribution in [0.4, 0.5) is 0 Å². The molecule has 0 saturated carbocycles. The molecule has 1 N–H and O–H groups in total. The number of hydrogen-bond acceptors (Lipinski definition) is 4. The number of carbonyl (C=O) groups is 2. The van der Waals surface area contributed by atoms with Crippen LogP contribution >= 0.6 is 0 Å². The zero-order chi connectivity index (χ0) is 15.3. The van der Waals surface area contributed by atoms with Crippen molar-refractivity contribution in [3.05, 3.63) is 24.2 Å². The summed E-state index contributed by atoms with van der Waals surface area (Å²) in [5.41, 5.74) is -0.372. The van der Waals surface area contributed by atoms with Crippen molar-refractivity contribution < 1.29 is 18.7 Å². The summed E-state index contributed by atoms with van der Waals surface area (Å²) in [5.74, 6) is -0.576. The van der Waals surface area contributed by atoms with E-state index in [1.54, 1.807) is 6.07 Å². The van der Waals surface area contributed by atoms with Gasteiger partial charge in [-0.1, -0.05) is 13.8 Å². The molecule has 5 nitrogen and oxygen atoms in total. The molecule has 1 rings (SSSR count). The maximum Gasteiger partial charge on any atom is 0.374 e. The minimum absolute atomic E-state index is 0.0994. The highest BCUT2D eigenvalue weighted by atomic mass is 16.6. The fourth-order valence-electron chi connectivity index (χ4n) is 1.67. The first-order chi connectivity index (χ1) is 9.19. The summed E-state index contributed by atoms with van der Waals surface area (Å²) in [6, 6.07) is 3.11. The SMILES string of the molecule is CC(C)CC(OC(=O)c1ccco1)C(=O)NC(C)(C)C. The largest absolute Gasteiger partial charge is 0.457 e. The molecule has 112 valence electrons. The Balaban J connectivity index is 2.74. The lowest BCUT2D eigenvalue weighted by Gasteiger charge is -2.25. The molecule has 0 aliphatic carbocycles. The molecule has 0 fully saturated rings. The van der Waals surface area contributed by atoms with E-state index in [2.05, 4.69) is 5.32 Å². The van der Waals surface area contributed by atoms with Crippen molar-refractivity contribution in [2.45, 2.75) is 52.7 Å². The molecular formula is C15H23NO4. The van der Waals surface area contributed by atoms with Gasteiger partial charge in [-0.15, -0.1) is 0 Å². The minimum Gasteiger partial charge on any atom is -0.457 e. The Kier molecular flexibility index (Phi) is 5.36. The average Bonchev–Trinajstić information content (AvgIpc) is 2.78. The molecule has 1 aromatic heterocycles. The topological polar surface area (TPSA) is 68.5 Å². The molecule has 0 aliphatic heterocycles. The van der Waals surface area contributed by atoms with Crippen LogP contribution in [0.3, 0.4) is 0 Å². The van der Waals surface area contributed by atoms with Crippen molar-refractivity contribution in [2.75, 3.05) is 0 Å². The van der Waals surface area contributed by atoms with Gasteiger partial charge in [0.1, 0.15) is 0 Å². The Hall–Kier alpha value is -1.78. The Labute approximate surface area is 119 Å². The third-order valence-corrected chi connectivity index (χ3v) is 2.45. The summed E-state index contributed by atoms with van der Waals surface area (Å²) in [6.45, 7) is 9.58. The first kappa shape index (κ1) is 16.3. The van der Waals surface area contributed by atoms with Gasteiger partial charge in [-0.2, -0.15) is 0 Å². The lowest BCUT2D eigenvalue weighted by Crippen LogP contribution is -2.47. The lowest BCUT2D eigenvalue weighted by molar-refractivity contribution is -0.132. The van der Waals surface area contributed by atoms with Crippen LogP contribution in [-0.4, -0.2) is 23.5 Å². The molecule has 0 spiro atoms. The summed E-state index contributed by atoms with van der Waals surface area (Å²) in [4.78, 5) is 24.1. The monoisotopic (exact) mass is 281 g/mol. The van der Waals surface area contributed by atoms with Crippen molar-refractivity contribution in [3.63, 3.8) is 0 Å². The van der Waals surface area contributed by atoms with Gasteiger partial charge in [-0.05, 0) is 45.2 Å². The predicted molar refractivity (Wildman–Crippen MR) is 75.3 cm³/mol. The van der Waals surface area contributed by atoms with Gasteiger partial charge in [0, 0.05) is 5.54 Å². The van der Waals surface area contributed by atoms with Gasteiger partial charge in [-0.3, -0.25) is 4.79 Å². The van der Waals surface area contributed by atoms with Crippen molar-refractivity contribution in [1.29, 1.82) is 0 Å². The minimum atomic E-state index is -0.813. The molecule has 1 heterocycles. The van der Waals surface area contributed by atoms with E-state index in [0.717, 1.165) is 0 Å². The summed E-state index contributed by atoms with van der Waals surface area (Å²) in [6.07, 6.45) is 1.05. The summed E-state index contributed by atoms with van der Waals surface area (Å²) < 4.78 is 10.2. The molecule has 0 saturated heterocycles. The highest BCUT2D eigenvalue weighted by molar-refractivity contribution is 5.90. The third kappa shape index (κ3) is 5.47. The number of carbonyl (C=O) groups excluding carboxylic acids is 2. The van der Waals surface area contributed by atoms with Crippen molar-refractivity contribution in [1.82, 2.24) is 5.32 Å². The second-order valence-electron chi connectivity index (χ2n) is 6.24. The first-order valence-corrected chi connectivity index (χ1v) is 6.75. The summed E-state index contributed by atoms with van der Waals surface area (Å²) >= 11 is 0. The van der Waals surface area contributed by atoms with Crippen molar-refractivity contribution in [2.24, 2.45) is 5.92 Å². The molecule has 0 radical (unpaired) electrons. The van der Waals surface area contributed by atoms with Crippen LogP contribution in [0.5, 0.6) is 0 Å². The number of rotatable bonds is 5. The van der Waals surface area contributed by atoms with E-state index in [9.17, 15) is 9.59 Å². The average molecular weight is 281 g/mol. The summed E-state index contributed by atoms with van der Waals surface area (Å²) in [5, 5.41) is 2.83. The lowest BCUT2D eigenvalue weighted by atomic mass is 10.0. The van der Waals surface area contributed by atoms with E-state index in [1.807, 2.05) is 34.6 Å². The quantitative estimate of drug-likeness (QED) is 0.843. The van der Waals surface area contributed by atoms with Crippen LogP contribution in [0, 0.1) is 5.92 Å². The molecule has 0 aromatic carbocycles. The number of hydrogen-bond donors (Lipinski definition) is 1. The van der Waals surface area contributed by atoms with E-state index in [-0.39, 0.29) is 23.1 Å². The number of nitrogens with one attached hydrogen (secondary N) is 1. The van der Waals surface area contributed by atoms with Gasteiger partial charge < -0.3 is 14.5 Å². The highest BCUT2D eigenvalue weighted by Gasteiger charge is 2.28. The zero-order valence-corrected chi connectivity index (χ0v) is 12.7. The van der Waals surface area contributed by atoms with Gasteiger partial charge in [0.15, 0.2) is 6.10 Å². The van der Waals surface area contributed by atoms with Gasteiger partial charge >= 0.3 is 5.97 Å². The predicted octanol–water partition coefficient (Wildman–Crippen LogP) is 2.77. The number of ether oxygens (including phenoxy) is 1. The smallest absolute Gasteiger partial charge is 0.374 e. The molecule has 0 bridgehead atoms. The Bertz CT molecular complexity index is 443. The van der Waals surface area contributed by atoms with E-state index in [4.69, 9.17) is 9.15 Å². The number of furan rings is 1. The normalized spacial score (nSPS) is 13.1. The molecule has 1 amide bonds. The Morgan fingerprint density at radius 3 is 2.45 bits per heavy atom. The van der Waals surface area contributed by atoms with Crippen LogP contribution in [0.1, 0.15) is 51.6 Å². The van der Waals surface area contributed by atoms with E-state index >= 15 is 0 Å². The number of esters is 1. The van der Waals surface area contributed by atoms with Crippen LogP contribution in [0.15, 0.2) is 22.8 Å². The second kappa shape index (κ2) is 6.59. The van der Waals surface area contributed by atoms with Crippen molar-refractivity contribution in [3.8, 4) is 0 Å². The molecule has 20 heavy (non-hydrogen) atoms. The summed E-state index contributed by atoms with van der Waals surface area (Å²) in [7, 11) is 0. The standard InChI is InChI=1S/C15H23NO4/c1-10(2)9-12(13(17)16-15(3,4)5)20-14(18)11-7-6-8-19-11/h6-8,10,12H,9H2,1-5H3,(H,16,17). The van der Waals surface area contributed by atoms with Gasteiger partial charge in [0.2, 0.25) is 5.76 Å². The maximum absolute atomic E-state index is 12.2. The van der Waals surface area contributed by atoms with Gasteiger partial charge in [0.05, 0.1) is 6.26 Å². The fraction of sp³-hybridized carbons (Fsp3) is 0.600. The van der Waals surface area contributed by atoms with E-state index in [0.29, 0.717) is 6.42 Å². The van der Waals surface area contributed by atoms with Crippen molar-refractivity contribution >= 4 is 11.9 Å². The Morgan fingerprint density at radius 1 is 1.35 bits per heavy atom. The highest BCUT2D eigenvalue weighted by Crippen LogP contribution is 2.13. The van der Waals surface area contributed by atoms with Crippen LogP contribution < -0.4 is 5.32 Å². The van der Waals surface area contributed by atoms with E-state index < -0.39 is 12.1 Å². The van der Waals surface area contributed by atoms with Crippen LogP contribution in [0.25, 0.3) is 0 Å². The second-order valence-corrected chi connectivity index (χ2v) is 6.24. The van der Waals surface area contributed by atoms with E-state index in [1.165, 1.54) is 12.3 Å². The molecule has 0 aliphatic rings. The third-order valence-electron chi connectivity index (χ3n) is 2.45. The molecular weight excluding hydrogens is 258 g/mol. The Morgan fingerprint density at radius 2 is 2.00 bits per heavy atom. The zero-order valence-electron chi connectivity index (χ0n) is 12.7. The molecule has 1 atom stereocenters. The maximum atomic E-state index is 12.2. The molecule has 1 unspecified atom stereocenters. The van der Waals surface area contributed by atoms with Gasteiger partial charge in [-0.25, -0.2) is 4.79 Å². The molecule has 1 aromatic rings. The number of amides is 1. The fourth-order valence-corrected chi connectivity index (χ4v) is 1.67. The van der Waals surface area contributed by atoms with Crippen LogP contribution in [-0.2, 0) is 9.53 Å². The molecule has 5 heteroatoms. The van der Waals surface area contributed by atoms with Gasteiger partial charge in [0.25, 0.3) is 5.91 Å². The first-order valence-electron chi connectivity index (χ1n) is 6.75.